The van der Waals surface area contributed by atoms with Gasteiger partial charge in [-0.3, -0.25) is 0 Å². The maximum atomic E-state index is 5.96. The normalized spacial score (nSPS) is 35.9. The predicted molar refractivity (Wildman–Crippen MR) is 76.7 cm³/mol. The third-order valence-electron chi connectivity index (χ3n) is 4.78. The fraction of sp³-hybridized carbons (Fsp3) is 0.923. The van der Waals surface area contributed by atoms with Crippen molar-refractivity contribution in [2.45, 2.75) is 77.1 Å². The highest BCUT2D eigenvalue weighted by Crippen LogP contribution is 2.41. The van der Waals surface area contributed by atoms with Crippen LogP contribution in [0.15, 0.2) is 0 Å². The van der Waals surface area contributed by atoms with Crippen molar-refractivity contribution in [3.63, 3.8) is 0 Å². The highest BCUT2D eigenvalue weighted by atomic mass is 16.7. The smallest absolute Gasteiger partial charge is 0.404 e. The summed E-state index contributed by atoms with van der Waals surface area (Å²) in [6.45, 7) is 18.2. The largest absolute Gasteiger partial charge is 0.458 e. The molecule has 2 aliphatic rings. The summed E-state index contributed by atoms with van der Waals surface area (Å²) in [6, 6.07) is 0. The summed E-state index contributed by atoms with van der Waals surface area (Å²) < 4.78 is 23.7. The summed E-state index contributed by atoms with van der Waals surface area (Å²) in [5, 5.41) is 0. The zero-order valence-electron chi connectivity index (χ0n) is 13.2. The van der Waals surface area contributed by atoms with Crippen LogP contribution in [-0.4, -0.2) is 36.6 Å². The summed E-state index contributed by atoms with van der Waals surface area (Å²) in [4.78, 5) is 0. The maximum absolute atomic E-state index is 5.96. The zero-order chi connectivity index (χ0) is 14.7. The Balaban J connectivity index is 1.99. The Labute approximate surface area is 117 Å². The molecule has 2 fully saturated rings. The molecular weight excluding hydrogens is 242 g/mol. The molecule has 1 unspecified atom stereocenters. The average molecular weight is 267 g/mol. The fourth-order valence-electron chi connectivity index (χ4n) is 2.22. The molecule has 2 aliphatic heterocycles. The van der Waals surface area contributed by atoms with E-state index in [9.17, 15) is 0 Å². The third-order valence-corrected chi connectivity index (χ3v) is 4.78. The molecule has 106 valence electrons. The van der Waals surface area contributed by atoms with E-state index in [-0.39, 0.29) is 25.4 Å². The molecule has 0 bridgehead atoms. The van der Waals surface area contributed by atoms with Gasteiger partial charge in [-0.05, 0) is 41.5 Å². The van der Waals surface area contributed by atoms with Crippen molar-refractivity contribution in [1.82, 2.24) is 0 Å². The molecule has 0 aromatic heterocycles. The molecule has 19 heavy (non-hydrogen) atoms. The van der Waals surface area contributed by atoms with E-state index in [4.69, 9.17) is 18.6 Å². The Hall–Kier alpha value is -0.160. The van der Waals surface area contributed by atoms with Crippen LogP contribution in [-0.2, 0) is 18.6 Å². The minimum Gasteiger partial charge on any atom is -0.404 e. The van der Waals surface area contributed by atoms with Gasteiger partial charge in [0, 0.05) is 13.1 Å². The van der Waals surface area contributed by atoms with Crippen LogP contribution < -0.4 is 0 Å². The number of hydrogen-bond donors (Lipinski definition) is 0. The molecule has 0 amide bonds. The molecule has 1 atom stereocenters. The van der Waals surface area contributed by atoms with Gasteiger partial charge >= 0.3 is 14.2 Å². The third kappa shape index (κ3) is 2.56. The second-order valence-electron chi connectivity index (χ2n) is 7.33. The second kappa shape index (κ2) is 4.17. The molecule has 0 aromatic carbocycles. The fourth-order valence-corrected chi connectivity index (χ4v) is 2.22. The van der Waals surface area contributed by atoms with E-state index < -0.39 is 11.2 Å². The Morgan fingerprint density at radius 2 is 1.05 bits per heavy atom. The van der Waals surface area contributed by atoms with Crippen molar-refractivity contribution >= 4 is 14.2 Å². The number of rotatable bonds is 2. The van der Waals surface area contributed by atoms with Gasteiger partial charge in [0.15, 0.2) is 0 Å². The summed E-state index contributed by atoms with van der Waals surface area (Å²) in [6.07, 6.45) is 0.557. The van der Waals surface area contributed by atoms with Crippen LogP contribution in [0.25, 0.3) is 0 Å². The first-order chi connectivity index (χ1) is 8.36. The van der Waals surface area contributed by atoms with Crippen LogP contribution in [0.5, 0.6) is 0 Å². The Kier molecular flexibility index (Phi) is 3.34. The molecule has 2 rings (SSSR count). The van der Waals surface area contributed by atoms with E-state index in [1.165, 1.54) is 0 Å². The van der Waals surface area contributed by atoms with Crippen LogP contribution in [0.3, 0.4) is 0 Å². The quantitative estimate of drug-likeness (QED) is 0.569. The van der Waals surface area contributed by atoms with Crippen LogP contribution >= 0.6 is 0 Å². The molecule has 0 aromatic rings. The van der Waals surface area contributed by atoms with Gasteiger partial charge in [-0.15, -0.1) is 0 Å². The molecular formula is C13H25B2O4+. The van der Waals surface area contributed by atoms with Crippen LogP contribution in [0, 0.1) is 6.92 Å². The molecule has 2 heterocycles. The van der Waals surface area contributed by atoms with Crippen molar-refractivity contribution < 1.29 is 18.6 Å². The lowest BCUT2D eigenvalue weighted by atomic mass is 9.64. The first-order valence-corrected chi connectivity index (χ1v) is 6.93. The number of hydrogen-bond acceptors (Lipinski definition) is 4. The maximum Gasteiger partial charge on any atom is 0.458 e. The van der Waals surface area contributed by atoms with Gasteiger partial charge in [-0.1, -0.05) is 0 Å². The van der Waals surface area contributed by atoms with E-state index >= 15 is 0 Å². The summed E-state index contributed by atoms with van der Waals surface area (Å²) in [7, 11) is -0.646. The predicted octanol–water partition coefficient (Wildman–Crippen LogP) is 2.52. The Bertz CT molecular complexity index is 300. The summed E-state index contributed by atoms with van der Waals surface area (Å²) in [5.41, 5.74) is -1.61. The average Bonchev–Trinajstić information content (AvgIpc) is 2.42. The van der Waals surface area contributed by atoms with Crippen molar-refractivity contribution in [1.29, 1.82) is 0 Å². The molecule has 0 N–H and O–H groups in total. The second-order valence-corrected chi connectivity index (χ2v) is 7.33. The monoisotopic (exact) mass is 267 g/mol. The van der Waals surface area contributed by atoms with Gasteiger partial charge in [0.25, 0.3) is 0 Å². The van der Waals surface area contributed by atoms with E-state index in [1.54, 1.807) is 0 Å². The summed E-state index contributed by atoms with van der Waals surface area (Å²) in [5.74, 6) is 0. The van der Waals surface area contributed by atoms with Gasteiger partial charge in [-0.25, -0.2) is 0 Å². The molecule has 4 nitrogen and oxygen atoms in total. The van der Waals surface area contributed by atoms with Gasteiger partial charge in [-0.2, -0.15) is 0 Å². The van der Waals surface area contributed by atoms with E-state index in [1.807, 2.05) is 48.5 Å². The Morgan fingerprint density at radius 1 is 0.684 bits per heavy atom. The molecule has 0 aliphatic carbocycles. The van der Waals surface area contributed by atoms with Gasteiger partial charge in [0.1, 0.15) is 5.60 Å². The van der Waals surface area contributed by atoms with Gasteiger partial charge in [0.2, 0.25) is 5.60 Å². The molecule has 0 saturated carbocycles. The SMILES string of the molecule is [CH2+]C1(C)OB(CB2OC(C)(C)C(C)(C)O2)OC1(C)C. The lowest BCUT2D eigenvalue weighted by Crippen LogP contribution is -2.42. The van der Waals surface area contributed by atoms with E-state index in [0.29, 0.717) is 6.22 Å². The highest BCUT2D eigenvalue weighted by Gasteiger charge is 2.59. The lowest BCUT2D eigenvalue weighted by Gasteiger charge is -2.32. The van der Waals surface area contributed by atoms with E-state index in [2.05, 4.69) is 6.92 Å². The van der Waals surface area contributed by atoms with Gasteiger partial charge < -0.3 is 18.6 Å². The first-order valence-electron chi connectivity index (χ1n) is 6.93. The molecule has 0 radical (unpaired) electrons. The lowest BCUT2D eigenvalue weighted by molar-refractivity contribution is 0.00578. The Morgan fingerprint density at radius 3 is 1.42 bits per heavy atom. The molecule has 2 saturated heterocycles. The topological polar surface area (TPSA) is 36.9 Å². The van der Waals surface area contributed by atoms with Crippen molar-refractivity contribution in [2.24, 2.45) is 0 Å². The van der Waals surface area contributed by atoms with Crippen LogP contribution in [0.4, 0.5) is 0 Å². The standard InChI is InChI=1S/C13H25B2O4/c1-10(2)11(3,4)17-14(16-10)9-15-18-12(5,6)13(7,8)19-15/h1,9H2,2-8H3/q+1. The highest BCUT2D eigenvalue weighted by molar-refractivity contribution is 6.65. The van der Waals surface area contributed by atoms with Gasteiger partial charge in [0.05, 0.1) is 18.1 Å². The minimum atomic E-state index is -0.554. The minimum absolute atomic E-state index is 0.306. The van der Waals surface area contributed by atoms with Crippen molar-refractivity contribution in [3.05, 3.63) is 6.92 Å². The van der Waals surface area contributed by atoms with Crippen LogP contribution in [0.1, 0.15) is 48.5 Å². The van der Waals surface area contributed by atoms with Crippen molar-refractivity contribution in [3.8, 4) is 0 Å². The van der Waals surface area contributed by atoms with Crippen LogP contribution in [0.2, 0.25) is 6.22 Å². The molecule has 6 heteroatoms. The van der Waals surface area contributed by atoms with E-state index in [0.717, 1.165) is 0 Å². The van der Waals surface area contributed by atoms with Crippen molar-refractivity contribution in [2.75, 3.05) is 0 Å². The summed E-state index contributed by atoms with van der Waals surface area (Å²) >= 11 is 0. The molecule has 0 spiro atoms. The zero-order valence-corrected chi connectivity index (χ0v) is 13.2. The first kappa shape index (κ1) is 15.2.